The summed E-state index contributed by atoms with van der Waals surface area (Å²) in [5, 5.41) is 9.68. The molecule has 0 aromatic heterocycles. The zero-order chi connectivity index (χ0) is 12.3. The molecule has 17 heavy (non-hydrogen) atoms. The fourth-order valence-electron chi connectivity index (χ4n) is 2.44. The fourth-order valence-corrected chi connectivity index (χ4v) is 2.85. The summed E-state index contributed by atoms with van der Waals surface area (Å²) in [6.07, 6.45) is 1.91. The van der Waals surface area contributed by atoms with Gasteiger partial charge in [0.05, 0.1) is 13.7 Å². The Morgan fingerprint density at radius 3 is 3.06 bits per heavy atom. The Labute approximate surface area is 111 Å². The predicted molar refractivity (Wildman–Crippen MR) is 70.3 cm³/mol. The third-order valence-corrected chi connectivity index (χ3v) is 3.77. The maximum absolute atomic E-state index is 9.68. The van der Waals surface area contributed by atoms with E-state index in [2.05, 4.69) is 22.0 Å². The molecule has 1 aliphatic rings. The molecule has 1 heterocycles. The van der Waals surface area contributed by atoms with E-state index in [4.69, 9.17) is 4.74 Å². The lowest BCUT2D eigenvalue weighted by Gasteiger charge is -2.27. The van der Waals surface area contributed by atoms with Crippen LogP contribution in [0.4, 0.5) is 0 Å². The number of quaternary nitrogens is 1. The van der Waals surface area contributed by atoms with Gasteiger partial charge in [-0.3, -0.25) is 0 Å². The fraction of sp³-hybridized carbons (Fsp3) is 0.538. The summed E-state index contributed by atoms with van der Waals surface area (Å²) in [6.45, 7) is 2.89. The first kappa shape index (κ1) is 12.9. The first-order valence-electron chi connectivity index (χ1n) is 6.03. The number of ether oxygens (including phenoxy) is 1. The molecule has 0 radical (unpaired) electrons. The Bertz CT molecular complexity index is 384. The van der Waals surface area contributed by atoms with Crippen LogP contribution < -0.4 is 9.64 Å². The van der Waals surface area contributed by atoms with Gasteiger partial charge in [0.25, 0.3) is 0 Å². The third kappa shape index (κ3) is 3.44. The number of aliphatic hydroxyl groups excluding tert-OH is 1. The number of hydrogen-bond donors (Lipinski definition) is 2. The average molecular weight is 301 g/mol. The molecule has 1 aliphatic heterocycles. The molecular formula is C13H19BrNO2+. The van der Waals surface area contributed by atoms with Gasteiger partial charge in [0.1, 0.15) is 24.9 Å². The molecule has 0 amide bonds. The standard InChI is InChI=1S/C13H18BrNO2/c1-17-13-5-4-11(14)7-10(13)8-15-6-2-3-12(16)9-15/h4-5,7,12,16H,2-3,6,8-9H2,1H3/p+1/t12-/m1/s1. The Morgan fingerprint density at radius 1 is 1.53 bits per heavy atom. The summed E-state index contributed by atoms with van der Waals surface area (Å²) in [5.41, 5.74) is 1.20. The van der Waals surface area contributed by atoms with E-state index in [0.717, 1.165) is 42.7 Å². The maximum atomic E-state index is 9.68. The molecule has 0 saturated carbocycles. The molecule has 2 N–H and O–H groups in total. The van der Waals surface area contributed by atoms with Gasteiger partial charge < -0.3 is 14.7 Å². The smallest absolute Gasteiger partial charge is 0.127 e. The molecule has 0 spiro atoms. The van der Waals surface area contributed by atoms with Crippen LogP contribution in [-0.2, 0) is 6.54 Å². The highest BCUT2D eigenvalue weighted by atomic mass is 79.9. The average Bonchev–Trinajstić information content (AvgIpc) is 2.29. The molecule has 2 rings (SSSR count). The lowest BCUT2D eigenvalue weighted by atomic mass is 10.1. The van der Waals surface area contributed by atoms with Gasteiger partial charge in [-0.05, 0) is 31.0 Å². The van der Waals surface area contributed by atoms with Crippen molar-refractivity contribution in [1.29, 1.82) is 0 Å². The van der Waals surface area contributed by atoms with E-state index in [9.17, 15) is 5.11 Å². The Kier molecular flexibility index (Phi) is 4.42. The molecule has 1 fully saturated rings. The van der Waals surface area contributed by atoms with Gasteiger partial charge in [0.15, 0.2) is 0 Å². The number of nitrogens with one attached hydrogen (secondary N) is 1. The Balaban J connectivity index is 2.08. The van der Waals surface area contributed by atoms with Crippen LogP contribution in [0.25, 0.3) is 0 Å². The quantitative estimate of drug-likeness (QED) is 0.873. The van der Waals surface area contributed by atoms with Gasteiger partial charge in [0.2, 0.25) is 0 Å². The highest BCUT2D eigenvalue weighted by Crippen LogP contribution is 2.22. The second-order valence-electron chi connectivity index (χ2n) is 4.63. The van der Waals surface area contributed by atoms with Crippen LogP contribution in [0.2, 0.25) is 0 Å². The third-order valence-electron chi connectivity index (χ3n) is 3.27. The number of methoxy groups -OCH3 is 1. The van der Waals surface area contributed by atoms with E-state index in [-0.39, 0.29) is 6.10 Å². The van der Waals surface area contributed by atoms with Crippen molar-refractivity contribution in [2.45, 2.75) is 25.5 Å². The van der Waals surface area contributed by atoms with Crippen LogP contribution in [0, 0.1) is 0 Å². The molecule has 4 heteroatoms. The van der Waals surface area contributed by atoms with Gasteiger partial charge in [-0.25, -0.2) is 0 Å². The van der Waals surface area contributed by atoms with Crippen LogP contribution in [0.5, 0.6) is 5.75 Å². The van der Waals surface area contributed by atoms with E-state index >= 15 is 0 Å². The monoisotopic (exact) mass is 300 g/mol. The summed E-state index contributed by atoms with van der Waals surface area (Å²) < 4.78 is 6.45. The first-order chi connectivity index (χ1) is 8.19. The number of likely N-dealkylation sites (tertiary alicyclic amines) is 1. The minimum atomic E-state index is -0.142. The maximum Gasteiger partial charge on any atom is 0.127 e. The van der Waals surface area contributed by atoms with Crippen molar-refractivity contribution in [3.63, 3.8) is 0 Å². The molecule has 1 aromatic carbocycles. The second kappa shape index (κ2) is 5.85. The molecule has 0 bridgehead atoms. The number of halogens is 1. The molecule has 1 aromatic rings. The van der Waals surface area contributed by atoms with E-state index in [1.54, 1.807) is 7.11 Å². The minimum Gasteiger partial charge on any atom is -0.496 e. The zero-order valence-corrected chi connectivity index (χ0v) is 11.7. The lowest BCUT2D eigenvalue weighted by Crippen LogP contribution is -3.12. The van der Waals surface area contributed by atoms with Crippen LogP contribution in [0.3, 0.4) is 0 Å². The topological polar surface area (TPSA) is 33.9 Å². The predicted octanol–water partition coefficient (Wildman–Crippen LogP) is 0.997. The van der Waals surface area contributed by atoms with Crippen molar-refractivity contribution in [3.8, 4) is 5.75 Å². The van der Waals surface area contributed by atoms with Gasteiger partial charge in [-0.15, -0.1) is 0 Å². The molecule has 3 nitrogen and oxygen atoms in total. The highest BCUT2D eigenvalue weighted by molar-refractivity contribution is 9.10. The first-order valence-corrected chi connectivity index (χ1v) is 6.82. The highest BCUT2D eigenvalue weighted by Gasteiger charge is 2.22. The molecule has 94 valence electrons. The molecule has 1 saturated heterocycles. The summed E-state index contributed by atoms with van der Waals surface area (Å²) in [6, 6.07) is 6.08. The summed E-state index contributed by atoms with van der Waals surface area (Å²) in [5.74, 6) is 0.931. The van der Waals surface area contributed by atoms with Gasteiger partial charge in [-0.2, -0.15) is 0 Å². The number of rotatable bonds is 3. The Hall–Kier alpha value is -0.580. The number of benzene rings is 1. The molecule has 2 atom stereocenters. The van der Waals surface area contributed by atoms with Crippen LogP contribution in [0.15, 0.2) is 22.7 Å². The second-order valence-corrected chi connectivity index (χ2v) is 5.55. The van der Waals surface area contributed by atoms with Gasteiger partial charge >= 0.3 is 0 Å². The minimum absolute atomic E-state index is 0.142. The van der Waals surface area contributed by atoms with E-state index in [1.807, 2.05) is 12.1 Å². The molecule has 1 unspecified atom stereocenters. The summed E-state index contributed by atoms with van der Waals surface area (Å²) in [7, 11) is 1.70. The van der Waals surface area contributed by atoms with Gasteiger partial charge in [0, 0.05) is 10.0 Å². The summed E-state index contributed by atoms with van der Waals surface area (Å²) in [4.78, 5) is 1.43. The van der Waals surface area contributed by atoms with Crippen molar-refractivity contribution >= 4 is 15.9 Å². The van der Waals surface area contributed by atoms with Crippen LogP contribution in [0.1, 0.15) is 18.4 Å². The summed E-state index contributed by atoms with van der Waals surface area (Å²) >= 11 is 3.49. The van der Waals surface area contributed by atoms with Crippen molar-refractivity contribution < 1.29 is 14.7 Å². The van der Waals surface area contributed by atoms with E-state index in [1.165, 1.54) is 10.5 Å². The largest absolute Gasteiger partial charge is 0.496 e. The number of aliphatic hydroxyl groups is 1. The van der Waals surface area contributed by atoms with E-state index < -0.39 is 0 Å². The van der Waals surface area contributed by atoms with Crippen LogP contribution >= 0.6 is 15.9 Å². The number of piperidine rings is 1. The lowest BCUT2D eigenvalue weighted by molar-refractivity contribution is -0.921. The zero-order valence-electron chi connectivity index (χ0n) is 10.1. The SMILES string of the molecule is COc1ccc(Br)cc1C[NH+]1CCC[C@@H](O)C1. The van der Waals surface area contributed by atoms with E-state index in [0.29, 0.717) is 0 Å². The normalized spacial score (nSPS) is 24.6. The Morgan fingerprint density at radius 2 is 2.35 bits per heavy atom. The van der Waals surface area contributed by atoms with Gasteiger partial charge in [-0.1, -0.05) is 15.9 Å². The molecular weight excluding hydrogens is 282 g/mol. The van der Waals surface area contributed by atoms with Crippen molar-refractivity contribution in [3.05, 3.63) is 28.2 Å². The van der Waals surface area contributed by atoms with Crippen LogP contribution in [-0.4, -0.2) is 31.4 Å². The number of hydrogen-bond acceptors (Lipinski definition) is 2. The van der Waals surface area contributed by atoms with Crippen molar-refractivity contribution in [2.24, 2.45) is 0 Å². The van der Waals surface area contributed by atoms with Crippen molar-refractivity contribution in [2.75, 3.05) is 20.2 Å². The van der Waals surface area contributed by atoms with Crippen molar-refractivity contribution in [1.82, 2.24) is 0 Å². The molecule has 0 aliphatic carbocycles.